The Bertz CT molecular complexity index is 529. The van der Waals surface area contributed by atoms with Crippen molar-refractivity contribution < 1.29 is 18.7 Å². The summed E-state index contributed by atoms with van der Waals surface area (Å²) in [6, 6.07) is 3.89. The number of ether oxygens (including phenoxy) is 1. The van der Waals surface area contributed by atoms with E-state index >= 15 is 0 Å². The topological polar surface area (TPSA) is 67.4 Å². The molecular weight excluding hydrogens is 343 g/mol. The zero-order valence-corrected chi connectivity index (χ0v) is 13.7. The van der Waals surface area contributed by atoms with Crippen LogP contribution in [-0.4, -0.2) is 30.5 Å². The van der Waals surface area contributed by atoms with Crippen molar-refractivity contribution in [2.75, 3.05) is 13.2 Å². The molecule has 0 fully saturated rings. The van der Waals surface area contributed by atoms with Crippen LogP contribution < -0.4 is 15.4 Å². The van der Waals surface area contributed by atoms with Crippen LogP contribution in [0.4, 0.5) is 4.39 Å². The van der Waals surface area contributed by atoms with E-state index in [9.17, 15) is 14.0 Å². The zero-order chi connectivity index (χ0) is 16.0. The van der Waals surface area contributed by atoms with Gasteiger partial charge in [0.05, 0.1) is 11.0 Å². The molecule has 0 heterocycles. The van der Waals surface area contributed by atoms with Gasteiger partial charge in [0.1, 0.15) is 11.6 Å². The molecule has 7 heteroatoms. The van der Waals surface area contributed by atoms with Crippen molar-refractivity contribution in [3.8, 4) is 5.75 Å². The van der Waals surface area contributed by atoms with Crippen LogP contribution in [0.1, 0.15) is 20.8 Å². The largest absolute Gasteiger partial charge is 0.483 e. The standard InChI is InChI=1S/C14H18BrFN2O3/c1-14(2,3)18-12(19)7-17-13(20)8-21-11-5-4-9(16)6-10(11)15/h4-6H,7-8H2,1-3H3,(H,17,20)(H,18,19). The highest BCUT2D eigenvalue weighted by Gasteiger charge is 2.14. The Kier molecular flexibility index (Phi) is 6.14. The Hall–Kier alpha value is -1.63. The number of halogens is 2. The summed E-state index contributed by atoms with van der Waals surface area (Å²) < 4.78 is 18.5. The molecule has 2 N–H and O–H groups in total. The fourth-order valence-corrected chi connectivity index (χ4v) is 1.89. The molecule has 0 aromatic heterocycles. The van der Waals surface area contributed by atoms with Gasteiger partial charge in [-0.05, 0) is 54.9 Å². The van der Waals surface area contributed by atoms with Crippen LogP contribution in [-0.2, 0) is 9.59 Å². The van der Waals surface area contributed by atoms with Crippen molar-refractivity contribution in [1.82, 2.24) is 10.6 Å². The number of carbonyl (C=O) groups is 2. The molecule has 0 bridgehead atoms. The van der Waals surface area contributed by atoms with Gasteiger partial charge in [0, 0.05) is 5.54 Å². The maximum absolute atomic E-state index is 12.9. The number of amides is 2. The number of hydrogen-bond acceptors (Lipinski definition) is 3. The van der Waals surface area contributed by atoms with Gasteiger partial charge < -0.3 is 15.4 Å². The van der Waals surface area contributed by atoms with E-state index in [1.54, 1.807) is 0 Å². The van der Waals surface area contributed by atoms with Crippen LogP contribution in [0, 0.1) is 5.82 Å². The lowest BCUT2D eigenvalue weighted by atomic mass is 10.1. The zero-order valence-electron chi connectivity index (χ0n) is 12.1. The maximum Gasteiger partial charge on any atom is 0.258 e. The van der Waals surface area contributed by atoms with Gasteiger partial charge in [-0.2, -0.15) is 0 Å². The first-order chi connectivity index (χ1) is 9.67. The third-order valence-corrected chi connectivity index (χ3v) is 2.83. The molecule has 1 rings (SSSR count). The summed E-state index contributed by atoms with van der Waals surface area (Å²) in [5.41, 5.74) is -0.350. The smallest absolute Gasteiger partial charge is 0.258 e. The van der Waals surface area contributed by atoms with Crippen molar-refractivity contribution >= 4 is 27.7 Å². The highest BCUT2D eigenvalue weighted by Crippen LogP contribution is 2.25. The summed E-state index contributed by atoms with van der Waals surface area (Å²) in [6.45, 7) is 5.17. The Morgan fingerprint density at radius 1 is 1.29 bits per heavy atom. The third kappa shape index (κ3) is 7.08. The van der Waals surface area contributed by atoms with Crippen LogP contribution >= 0.6 is 15.9 Å². The van der Waals surface area contributed by atoms with E-state index < -0.39 is 11.7 Å². The molecule has 5 nitrogen and oxygen atoms in total. The second-order valence-corrected chi connectivity index (χ2v) is 6.29. The molecule has 116 valence electrons. The van der Waals surface area contributed by atoms with Crippen LogP contribution in [0.5, 0.6) is 5.75 Å². The van der Waals surface area contributed by atoms with Gasteiger partial charge in [0.25, 0.3) is 5.91 Å². The Morgan fingerprint density at radius 2 is 1.95 bits per heavy atom. The van der Waals surface area contributed by atoms with Crippen molar-refractivity contribution in [3.63, 3.8) is 0 Å². The van der Waals surface area contributed by atoms with Gasteiger partial charge >= 0.3 is 0 Å². The predicted octanol–water partition coefficient (Wildman–Crippen LogP) is 2.00. The lowest BCUT2D eigenvalue weighted by Gasteiger charge is -2.20. The van der Waals surface area contributed by atoms with E-state index in [1.165, 1.54) is 18.2 Å². The molecular formula is C14H18BrFN2O3. The molecule has 0 aliphatic carbocycles. The summed E-state index contributed by atoms with van der Waals surface area (Å²) in [5.74, 6) is -0.766. The Labute approximate surface area is 131 Å². The molecule has 0 saturated carbocycles. The minimum Gasteiger partial charge on any atom is -0.483 e. The van der Waals surface area contributed by atoms with E-state index in [2.05, 4.69) is 26.6 Å². The molecule has 0 unspecified atom stereocenters. The fourth-order valence-electron chi connectivity index (χ4n) is 1.43. The number of rotatable bonds is 5. The maximum atomic E-state index is 12.9. The average Bonchev–Trinajstić information content (AvgIpc) is 2.33. The van der Waals surface area contributed by atoms with Gasteiger partial charge in [0.2, 0.25) is 5.91 Å². The number of hydrogen-bond donors (Lipinski definition) is 2. The summed E-state index contributed by atoms with van der Waals surface area (Å²) in [6.07, 6.45) is 0. The Morgan fingerprint density at radius 3 is 2.52 bits per heavy atom. The molecule has 1 aromatic carbocycles. The minimum atomic E-state index is -0.435. The van der Waals surface area contributed by atoms with Crippen molar-refractivity contribution in [2.45, 2.75) is 26.3 Å². The van der Waals surface area contributed by atoms with E-state index in [-0.39, 0.29) is 24.6 Å². The lowest BCUT2D eigenvalue weighted by Crippen LogP contribution is -2.46. The van der Waals surface area contributed by atoms with Crippen LogP contribution in [0.2, 0.25) is 0 Å². The summed E-state index contributed by atoms with van der Waals surface area (Å²) in [5, 5.41) is 5.16. The first kappa shape index (κ1) is 17.4. The van der Waals surface area contributed by atoms with Gasteiger partial charge in [-0.1, -0.05) is 0 Å². The van der Waals surface area contributed by atoms with Gasteiger partial charge in [0.15, 0.2) is 6.61 Å². The molecule has 0 aliphatic heterocycles. The lowest BCUT2D eigenvalue weighted by molar-refractivity contribution is -0.127. The van der Waals surface area contributed by atoms with E-state index in [0.717, 1.165) is 0 Å². The van der Waals surface area contributed by atoms with Crippen LogP contribution in [0.3, 0.4) is 0 Å². The normalized spacial score (nSPS) is 10.9. The fraction of sp³-hybridized carbons (Fsp3) is 0.429. The molecule has 0 atom stereocenters. The second-order valence-electron chi connectivity index (χ2n) is 5.44. The summed E-state index contributed by atoms with van der Waals surface area (Å²) >= 11 is 3.13. The van der Waals surface area contributed by atoms with Crippen LogP contribution in [0.15, 0.2) is 22.7 Å². The molecule has 0 radical (unpaired) electrons. The van der Waals surface area contributed by atoms with Crippen molar-refractivity contribution in [1.29, 1.82) is 0 Å². The van der Waals surface area contributed by atoms with Crippen LogP contribution in [0.25, 0.3) is 0 Å². The quantitative estimate of drug-likeness (QED) is 0.843. The number of nitrogens with one attached hydrogen (secondary N) is 2. The molecule has 0 saturated heterocycles. The minimum absolute atomic E-state index is 0.121. The van der Waals surface area contributed by atoms with Gasteiger partial charge in [-0.25, -0.2) is 4.39 Å². The first-order valence-corrected chi connectivity index (χ1v) is 7.12. The monoisotopic (exact) mass is 360 g/mol. The predicted molar refractivity (Wildman–Crippen MR) is 80.5 cm³/mol. The Balaban J connectivity index is 2.36. The van der Waals surface area contributed by atoms with Gasteiger partial charge in [-0.15, -0.1) is 0 Å². The van der Waals surface area contributed by atoms with Crippen molar-refractivity contribution in [2.24, 2.45) is 0 Å². The highest BCUT2D eigenvalue weighted by molar-refractivity contribution is 9.10. The number of carbonyl (C=O) groups excluding carboxylic acids is 2. The van der Waals surface area contributed by atoms with E-state index in [1.807, 2.05) is 20.8 Å². The first-order valence-electron chi connectivity index (χ1n) is 6.33. The van der Waals surface area contributed by atoms with Crippen molar-refractivity contribution in [3.05, 3.63) is 28.5 Å². The average molecular weight is 361 g/mol. The summed E-state index contributed by atoms with van der Waals surface area (Å²) in [4.78, 5) is 23.1. The van der Waals surface area contributed by atoms with E-state index in [0.29, 0.717) is 10.2 Å². The second kappa shape index (κ2) is 7.40. The molecule has 0 spiro atoms. The molecule has 2 amide bonds. The number of benzene rings is 1. The summed E-state index contributed by atoms with van der Waals surface area (Å²) in [7, 11) is 0. The SMILES string of the molecule is CC(C)(C)NC(=O)CNC(=O)COc1ccc(F)cc1Br. The third-order valence-electron chi connectivity index (χ3n) is 2.21. The van der Waals surface area contributed by atoms with E-state index in [4.69, 9.17) is 4.74 Å². The van der Waals surface area contributed by atoms with Gasteiger partial charge in [-0.3, -0.25) is 9.59 Å². The molecule has 0 aliphatic rings. The molecule has 21 heavy (non-hydrogen) atoms. The molecule has 1 aromatic rings. The highest BCUT2D eigenvalue weighted by atomic mass is 79.9.